The first kappa shape index (κ1) is 15.9. The van der Waals surface area contributed by atoms with E-state index in [-0.39, 0.29) is 23.9 Å². The van der Waals surface area contributed by atoms with Crippen LogP contribution in [0.4, 0.5) is 4.39 Å². The molecular formula is C15H17BrFNO3. The van der Waals surface area contributed by atoms with Crippen LogP contribution in [0, 0.1) is 5.82 Å². The van der Waals surface area contributed by atoms with Gasteiger partial charge in [-0.1, -0.05) is 15.9 Å². The summed E-state index contributed by atoms with van der Waals surface area (Å²) in [6, 6.07) is 4.24. The van der Waals surface area contributed by atoms with Gasteiger partial charge in [-0.2, -0.15) is 0 Å². The van der Waals surface area contributed by atoms with E-state index >= 15 is 0 Å². The third kappa shape index (κ3) is 4.03. The molecule has 1 aromatic rings. The van der Waals surface area contributed by atoms with Crippen molar-refractivity contribution in [1.29, 1.82) is 0 Å². The predicted octanol–water partition coefficient (Wildman–Crippen LogP) is 3.45. The molecule has 1 amide bonds. The molecule has 1 heterocycles. The third-order valence-corrected chi connectivity index (χ3v) is 4.23. The first-order chi connectivity index (χ1) is 9.99. The number of rotatable bonds is 4. The number of benzene rings is 1. The van der Waals surface area contributed by atoms with Crippen molar-refractivity contribution in [2.45, 2.75) is 38.1 Å². The molecule has 1 fully saturated rings. The Balaban J connectivity index is 2.16. The van der Waals surface area contributed by atoms with Gasteiger partial charge in [0.15, 0.2) is 0 Å². The van der Waals surface area contributed by atoms with Crippen LogP contribution in [0.2, 0.25) is 0 Å². The normalized spacial score (nSPS) is 18.6. The lowest BCUT2D eigenvalue weighted by atomic mass is 9.97. The maximum Gasteiger partial charge on any atom is 0.303 e. The molecule has 21 heavy (non-hydrogen) atoms. The molecule has 0 saturated carbocycles. The molecule has 0 aliphatic carbocycles. The second kappa shape index (κ2) is 7.02. The number of hydrogen-bond donors (Lipinski definition) is 1. The van der Waals surface area contributed by atoms with E-state index in [0.29, 0.717) is 17.4 Å². The first-order valence-electron chi connectivity index (χ1n) is 6.97. The minimum Gasteiger partial charge on any atom is -0.481 e. The average Bonchev–Trinajstić information content (AvgIpc) is 2.45. The van der Waals surface area contributed by atoms with E-state index in [2.05, 4.69) is 15.9 Å². The summed E-state index contributed by atoms with van der Waals surface area (Å²) in [5.74, 6) is -1.78. The minimum absolute atomic E-state index is 0.0251. The molecule has 1 atom stereocenters. The molecule has 1 unspecified atom stereocenters. The maximum atomic E-state index is 13.9. The number of carbonyl (C=O) groups is 2. The second-order valence-electron chi connectivity index (χ2n) is 5.20. The highest BCUT2D eigenvalue weighted by molar-refractivity contribution is 9.10. The van der Waals surface area contributed by atoms with Crippen molar-refractivity contribution in [2.75, 3.05) is 6.54 Å². The number of carboxylic acids is 1. The highest BCUT2D eigenvalue weighted by atomic mass is 79.9. The van der Waals surface area contributed by atoms with Crippen LogP contribution in [0.3, 0.4) is 0 Å². The quantitative estimate of drug-likeness (QED) is 0.897. The number of amides is 1. The summed E-state index contributed by atoms with van der Waals surface area (Å²) in [7, 11) is 0. The summed E-state index contributed by atoms with van der Waals surface area (Å²) in [6.45, 7) is 0.554. The molecule has 2 rings (SSSR count). The molecule has 0 bridgehead atoms. The zero-order valence-corrected chi connectivity index (χ0v) is 13.1. The monoisotopic (exact) mass is 357 g/mol. The summed E-state index contributed by atoms with van der Waals surface area (Å²) in [5.41, 5.74) is 0.0421. The summed E-state index contributed by atoms with van der Waals surface area (Å²) >= 11 is 3.16. The van der Waals surface area contributed by atoms with Crippen LogP contribution in [-0.2, 0) is 4.79 Å². The Morgan fingerprint density at radius 2 is 2.14 bits per heavy atom. The van der Waals surface area contributed by atoms with Crippen molar-refractivity contribution in [3.8, 4) is 0 Å². The van der Waals surface area contributed by atoms with Crippen molar-refractivity contribution in [1.82, 2.24) is 4.90 Å². The highest BCUT2D eigenvalue weighted by Crippen LogP contribution is 2.25. The lowest BCUT2D eigenvalue weighted by molar-refractivity contribution is -0.137. The molecule has 1 aliphatic heterocycles. The molecule has 1 aromatic carbocycles. The van der Waals surface area contributed by atoms with Gasteiger partial charge in [0, 0.05) is 23.5 Å². The Hall–Kier alpha value is -1.43. The van der Waals surface area contributed by atoms with Gasteiger partial charge < -0.3 is 10.0 Å². The standard InChI is InChI=1S/C15H17BrFNO3/c16-10-4-6-12(13(17)9-10)15(21)18-8-2-1-3-11(18)5-7-14(19)20/h4,6,9,11H,1-3,5,7-8H2,(H,19,20). The molecule has 1 N–H and O–H groups in total. The maximum absolute atomic E-state index is 13.9. The van der Waals surface area contributed by atoms with Crippen molar-refractivity contribution >= 4 is 27.8 Å². The fourth-order valence-electron chi connectivity index (χ4n) is 2.68. The Morgan fingerprint density at radius 3 is 2.81 bits per heavy atom. The smallest absolute Gasteiger partial charge is 0.303 e. The fourth-order valence-corrected chi connectivity index (χ4v) is 3.01. The van der Waals surface area contributed by atoms with E-state index in [1.807, 2.05) is 0 Å². The molecule has 0 aromatic heterocycles. The lowest BCUT2D eigenvalue weighted by Gasteiger charge is -2.35. The largest absolute Gasteiger partial charge is 0.481 e. The van der Waals surface area contributed by atoms with Gasteiger partial charge in [0.2, 0.25) is 0 Å². The number of aliphatic carboxylic acids is 1. The van der Waals surface area contributed by atoms with E-state index < -0.39 is 11.8 Å². The molecule has 114 valence electrons. The number of carboxylic acid groups (broad SMARTS) is 1. The molecule has 4 nitrogen and oxygen atoms in total. The summed E-state index contributed by atoms with van der Waals surface area (Å²) in [5, 5.41) is 8.79. The van der Waals surface area contributed by atoms with E-state index in [0.717, 1.165) is 19.3 Å². The van der Waals surface area contributed by atoms with E-state index in [9.17, 15) is 14.0 Å². The van der Waals surface area contributed by atoms with Crippen molar-refractivity contribution in [3.05, 3.63) is 34.1 Å². The van der Waals surface area contributed by atoms with E-state index in [4.69, 9.17) is 5.11 Å². The number of hydrogen-bond acceptors (Lipinski definition) is 2. The lowest BCUT2D eigenvalue weighted by Crippen LogP contribution is -2.44. The zero-order chi connectivity index (χ0) is 15.4. The number of piperidine rings is 1. The van der Waals surface area contributed by atoms with Gasteiger partial charge in [-0.25, -0.2) is 4.39 Å². The van der Waals surface area contributed by atoms with Gasteiger partial charge >= 0.3 is 5.97 Å². The molecule has 6 heteroatoms. The van der Waals surface area contributed by atoms with Gasteiger partial charge in [0.05, 0.1) is 5.56 Å². The fraction of sp³-hybridized carbons (Fsp3) is 0.467. The Kier molecular flexibility index (Phi) is 5.33. The Labute approximate surface area is 131 Å². The van der Waals surface area contributed by atoms with Crippen molar-refractivity contribution in [3.63, 3.8) is 0 Å². The topological polar surface area (TPSA) is 57.6 Å². The predicted molar refractivity (Wildman–Crippen MR) is 79.6 cm³/mol. The molecule has 1 saturated heterocycles. The van der Waals surface area contributed by atoms with Crippen LogP contribution in [0.5, 0.6) is 0 Å². The molecule has 0 spiro atoms. The highest BCUT2D eigenvalue weighted by Gasteiger charge is 2.29. The van der Waals surface area contributed by atoms with E-state index in [1.165, 1.54) is 12.1 Å². The number of likely N-dealkylation sites (tertiary alicyclic amines) is 1. The van der Waals surface area contributed by atoms with Crippen molar-refractivity contribution in [2.24, 2.45) is 0 Å². The van der Waals surface area contributed by atoms with Gasteiger partial charge in [-0.15, -0.1) is 0 Å². The first-order valence-corrected chi connectivity index (χ1v) is 7.76. The molecule has 1 aliphatic rings. The van der Waals surface area contributed by atoms with Gasteiger partial charge in [-0.05, 0) is 43.9 Å². The van der Waals surface area contributed by atoms with Gasteiger partial charge in [-0.3, -0.25) is 9.59 Å². The van der Waals surface area contributed by atoms with E-state index in [1.54, 1.807) is 11.0 Å². The van der Waals surface area contributed by atoms with Gasteiger partial charge in [0.1, 0.15) is 5.82 Å². The van der Waals surface area contributed by atoms with Crippen LogP contribution in [0.25, 0.3) is 0 Å². The minimum atomic E-state index is -0.872. The van der Waals surface area contributed by atoms with Crippen molar-refractivity contribution < 1.29 is 19.1 Å². The summed E-state index contributed by atoms with van der Waals surface area (Å²) < 4.78 is 14.5. The zero-order valence-electron chi connectivity index (χ0n) is 11.5. The molecule has 0 radical (unpaired) electrons. The van der Waals surface area contributed by atoms with Crippen LogP contribution in [-0.4, -0.2) is 34.5 Å². The summed E-state index contributed by atoms with van der Waals surface area (Å²) in [4.78, 5) is 24.8. The number of carbonyl (C=O) groups excluding carboxylic acids is 1. The van der Waals surface area contributed by atoms with Crippen LogP contribution < -0.4 is 0 Å². The van der Waals surface area contributed by atoms with Crippen LogP contribution >= 0.6 is 15.9 Å². The van der Waals surface area contributed by atoms with Gasteiger partial charge in [0.25, 0.3) is 5.91 Å². The average molecular weight is 358 g/mol. The molecular weight excluding hydrogens is 341 g/mol. The summed E-state index contributed by atoms with van der Waals surface area (Å²) in [6.07, 6.45) is 3.05. The Bertz CT molecular complexity index is 550. The number of nitrogens with zero attached hydrogens (tertiary/aromatic N) is 1. The SMILES string of the molecule is O=C(O)CCC1CCCCN1C(=O)c1ccc(Br)cc1F. The third-order valence-electron chi connectivity index (χ3n) is 3.74. The Morgan fingerprint density at radius 1 is 1.38 bits per heavy atom. The van der Waals surface area contributed by atoms with Crippen LogP contribution in [0.1, 0.15) is 42.5 Å². The van der Waals surface area contributed by atoms with Crippen LogP contribution in [0.15, 0.2) is 22.7 Å². The number of halogens is 2. The second-order valence-corrected chi connectivity index (χ2v) is 6.12.